The molecule has 1 aliphatic heterocycles. The summed E-state index contributed by atoms with van der Waals surface area (Å²) in [7, 11) is 0. The number of rotatable bonds is 2. The fraction of sp³-hybridized carbons (Fsp3) is 0.133. The summed E-state index contributed by atoms with van der Waals surface area (Å²) < 4.78 is 43.6. The molecule has 7 heteroatoms. The molecule has 0 aliphatic carbocycles. The fourth-order valence-corrected chi connectivity index (χ4v) is 2.94. The van der Waals surface area contributed by atoms with E-state index in [-0.39, 0.29) is 5.75 Å². The average Bonchev–Trinajstić information content (AvgIpc) is 2.98. The largest absolute Gasteiger partial charge is 0.478 e. The Morgan fingerprint density at radius 3 is 2.64 bits per heavy atom. The molecule has 22 heavy (non-hydrogen) atoms. The van der Waals surface area contributed by atoms with Crippen LogP contribution in [-0.2, 0) is 4.79 Å². The third-order valence-corrected chi connectivity index (χ3v) is 4.12. The third kappa shape index (κ3) is 2.59. The second kappa shape index (κ2) is 5.17. The lowest BCUT2D eigenvalue weighted by Crippen LogP contribution is -2.40. The number of alkyl halides is 3. The number of carboxylic acids is 1. The van der Waals surface area contributed by atoms with Crippen LogP contribution in [0.25, 0.3) is 16.5 Å². The zero-order valence-corrected chi connectivity index (χ0v) is 11.7. The maximum absolute atomic E-state index is 12.9. The smallest absolute Gasteiger partial charge is 0.430 e. The van der Waals surface area contributed by atoms with Gasteiger partial charge in [-0.3, -0.25) is 0 Å². The van der Waals surface area contributed by atoms with Crippen LogP contribution in [0.5, 0.6) is 5.75 Å². The molecule has 1 aromatic carbocycles. The van der Waals surface area contributed by atoms with Gasteiger partial charge in [0.1, 0.15) is 5.75 Å². The Balaban J connectivity index is 2.08. The van der Waals surface area contributed by atoms with Crippen molar-refractivity contribution in [2.24, 2.45) is 0 Å². The first-order valence-electron chi connectivity index (χ1n) is 6.22. The first-order chi connectivity index (χ1) is 10.4. The highest BCUT2D eigenvalue weighted by Crippen LogP contribution is 2.39. The molecule has 0 spiro atoms. The molecule has 0 saturated carbocycles. The van der Waals surface area contributed by atoms with Crippen molar-refractivity contribution in [3.8, 4) is 16.2 Å². The minimum Gasteiger partial charge on any atom is -0.478 e. The van der Waals surface area contributed by atoms with Gasteiger partial charge in [0.05, 0.1) is 5.57 Å². The minimum absolute atomic E-state index is 0.0210. The summed E-state index contributed by atoms with van der Waals surface area (Å²) >= 11 is 1.48. The molecule has 1 unspecified atom stereocenters. The van der Waals surface area contributed by atoms with Crippen LogP contribution < -0.4 is 4.74 Å². The SMILES string of the molecule is O=C(O)C1=Cc2cc(-c3cccs3)ccc2OC1C(F)(F)F. The van der Waals surface area contributed by atoms with E-state index in [2.05, 4.69) is 0 Å². The van der Waals surface area contributed by atoms with E-state index in [9.17, 15) is 18.0 Å². The number of thiophene rings is 1. The van der Waals surface area contributed by atoms with Gasteiger partial charge in [-0.25, -0.2) is 4.79 Å². The summed E-state index contributed by atoms with van der Waals surface area (Å²) in [6.07, 6.45) is -6.21. The molecule has 0 saturated heterocycles. The van der Waals surface area contributed by atoms with Crippen LogP contribution in [0.3, 0.4) is 0 Å². The van der Waals surface area contributed by atoms with Crippen molar-refractivity contribution in [3.63, 3.8) is 0 Å². The Hall–Kier alpha value is -2.28. The van der Waals surface area contributed by atoms with Crippen LogP contribution >= 0.6 is 11.3 Å². The predicted molar refractivity (Wildman–Crippen MR) is 75.8 cm³/mol. The number of hydrogen-bond donors (Lipinski definition) is 1. The van der Waals surface area contributed by atoms with Crippen molar-refractivity contribution in [2.45, 2.75) is 12.3 Å². The van der Waals surface area contributed by atoms with E-state index in [1.54, 1.807) is 12.1 Å². The van der Waals surface area contributed by atoms with E-state index >= 15 is 0 Å². The van der Waals surface area contributed by atoms with Crippen molar-refractivity contribution in [1.29, 1.82) is 0 Å². The van der Waals surface area contributed by atoms with Gasteiger partial charge >= 0.3 is 12.1 Å². The van der Waals surface area contributed by atoms with Crippen molar-refractivity contribution in [2.75, 3.05) is 0 Å². The lowest BCUT2D eigenvalue weighted by molar-refractivity contribution is -0.187. The van der Waals surface area contributed by atoms with E-state index in [0.29, 0.717) is 5.56 Å². The highest BCUT2D eigenvalue weighted by atomic mass is 32.1. The molecule has 2 heterocycles. The number of hydrogen-bond acceptors (Lipinski definition) is 3. The molecule has 1 atom stereocenters. The molecule has 3 nitrogen and oxygen atoms in total. The Bertz CT molecular complexity index is 748. The van der Waals surface area contributed by atoms with Gasteiger partial charge in [-0.1, -0.05) is 6.07 Å². The molecule has 1 N–H and O–H groups in total. The Morgan fingerprint density at radius 1 is 1.27 bits per heavy atom. The molecule has 2 aromatic rings. The highest BCUT2D eigenvalue weighted by Gasteiger charge is 2.48. The Labute approximate surface area is 127 Å². The number of benzene rings is 1. The maximum atomic E-state index is 12.9. The molecule has 0 bridgehead atoms. The Morgan fingerprint density at radius 2 is 2.05 bits per heavy atom. The van der Waals surface area contributed by atoms with E-state index in [1.807, 2.05) is 17.5 Å². The molecule has 0 amide bonds. The molecule has 1 aliphatic rings. The summed E-state index contributed by atoms with van der Waals surface area (Å²) in [6, 6.07) is 8.43. The standard InChI is InChI=1S/C15H9F3O3S/c16-15(17,18)13-10(14(19)20)7-9-6-8(3-4-11(9)21-13)12-2-1-5-22-12/h1-7,13H,(H,19,20). The molecule has 0 fully saturated rings. The summed E-state index contributed by atoms with van der Waals surface area (Å²) in [6.45, 7) is 0. The van der Waals surface area contributed by atoms with Crippen molar-refractivity contribution in [3.05, 3.63) is 46.8 Å². The molecule has 114 valence electrons. The van der Waals surface area contributed by atoms with Crippen molar-refractivity contribution in [1.82, 2.24) is 0 Å². The topological polar surface area (TPSA) is 46.5 Å². The van der Waals surface area contributed by atoms with Gasteiger partial charge in [0.15, 0.2) is 0 Å². The lowest BCUT2D eigenvalue weighted by Gasteiger charge is -2.27. The van der Waals surface area contributed by atoms with Gasteiger partial charge in [0, 0.05) is 10.4 Å². The number of halogens is 3. The van der Waals surface area contributed by atoms with E-state index < -0.39 is 23.8 Å². The number of carbonyl (C=O) groups is 1. The van der Waals surface area contributed by atoms with E-state index in [0.717, 1.165) is 16.5 Å². The van der Waals surface area contributed by atoms with Crippen molar-refractivity contribution < 1.29 is 27.8 Å². The molecule has 1 aromatic heterocycles. The summed E-state index contributed by atoms with van der Waals surface area (Å²) in [5.41, 5.74) is 0.302. The van der Waals surface area contributed by atoms with Gasteiger partial charge < -0.3 is 9.84 Å². The van der Waals surface area contributed by atoms with Gasteiger partial charge in [-0.2, -0.15) is 13.2 Å². The van der Waals surface area contributed by atoms with Crippen LogP contribution in [0.2, 0.25) is 0 Å². The Kier molecular flexibility index (Phi) is 3.44. The first-order valence-corrected chi connectivity index (χ1v) is 7.10. The monoisotopic (exact) mass is 326 g/mol. The normalized spacial score (nSPS) is 17.4. The second-order valence-corrected chi connectivity index (χ2v) is 5.62. The van der Waals surface area contributed by atoms with Crippen LogP contribution in [-0.4, -0.2) is 23.4 Å². The second-order valence-electron chi connectivity index (χ2n) is 4.67. The fourth-order valence-electron chi connectivity index (χ4n) is 2.22. The zero-order chi connectivity index (χ0) is 15.9. The average molecular weight is 326 g/mol. The van der Waals surface area contributed by atoms with Gasteiger partial charge in [-0.15, -0.1) is 11.3 Å². The van der Waals surface area contributed by atoms with Crippen LogP contribution in [0.15, 0.2) is 41.3 Å². The number of carboxylic acid groups (broad SMARTS) is 1. The van der Waals surface area contributed by atoms with Crippen LogP contribution in [0.1, 0.15) is 5.56 Å². The van der Waals surface area contributed by atoms with E-state index in [4.69, 9.17) is 9.84 Å². The molecular weight excluding hydrogens is 317 g/mol. The number of ether oxygens (including phenoxy) is 1. The maximum Gasteiger partial charge on any atom is 0.430 e. The lowest BCUT2D eigenvalue weighted by atomic mass is 9.99. The minimum atomic E-state index is -4.78. The van der Waals surface area contributed by atoms with Crippen LogP contribution in [0, 0.1) is 0 Å². The van der Waals surface area contributed by atoms with Gasteiger partial charge in [-0.05, 0) is 41.3 Å². The first kappa shape index (κ1) is 14.6. The van der Waals surface area contributed by atoms with Crippen molar-refractivity contribution >= 4 is 23.4 Å². The van der Waals surface area contributed by atoms with Crippen LogP contribution in [0.4, 0.5) is 13.2 Å². The summed E-state index contributed by atoms with van der Waals surface area (Å²) in [4.78, 5) is 12.0. The highest BCUT2D eigenvalue weighted by molar-refractivity contribution is 7.13. The quantitative estimate of drug-likeness (QED) is 0.899. The molecular formula is C15H9F3O3S. The van der Waals surface area contributed by atoms with E-state index in [1.165, 1.54) is 17.4 Å². The number of fused-ring (bicyclic) bond motifs is 1. The molecule has 0 radical (unpaired) electrons. The molecule has 3 rings (SSSR count). The van der Waals surface area contributed by atoms with Gasteiger partial charge in [0.25, 0.3) is 0 Å². The predicted octanol–water partition coefficient (Wildman–Crippen LogP) is 4.21. The number of aliphatic carboxylic acids is 1. The third-order valence-electron chi connectivity index (χ3n) is 3.20. The summed E-state index contributed by atoms with van der Waals surface area (Å²) in [5, 5.41) is 10.9. The summed E-state index contributed by atoms with van der Waals surface area (Å²) in [5.74, 6) is -1.62. The van der Waals surface area contributed by atoms with Gasteiger partial charge in [0.2, 0.25) is 6.10 Å². The zero-order valence-electron chi connectivity index (χ0n) is 10.9.